The molecule has 31 heavy (non-hydrogen) atoms. The molecule has 0 saturated heterocycles. The lowest BCUT2D eigenvalue weighted by Gasteiger charge is -2.31. The molecule has 2 aromatic heterocycles. The van der Waals surface area contributed by atoms with Crippen LogP contribution in [-0.2, 0) is 0 Å². The minimum absolute atomic E-state index is 0.204. The quantitative estimate of drug-likeness (QED) is 0.384. The zero-order chi connectivity index (χ0) is 21.4. The Hall–Kier alpha value is -3.02. The summed E-state index contributed by atoms with van der Waals surface area (Å²) in [6.07, 6.45) is 7.30. The number of nitrogens with one attached hydrogen (secondary N) is 1. The predicted octanol–water partition coefficient (Wildman–Crippen LogP) is 6.82. The van der Waals surface area contributed by atoms with Crippen molar-refractivity contribution in [2.75, 3.05) is 5.32 Å². The van der Waals surface area contributed by atoms with Gasteiger partial charge in [0, 0.05) is 23.7 Å². The number of rotatable bonds is 5. The number of oxazole rings is 1. The number of benzene rings is 2. The number of fused-ring (bicyclic) bond motifs is 2. The molecule has 2 aromatic carbocycles. The van der Waals surface area contributed by atoms with E-state index in [-0.39, 0.29) is 17.7 Å². The van der Waals surface area contributed by atoms with Crippen LogP contribution in [0.2, 0.25) is 0 Å². The monoisotopic (exact) mass is 421 g/mol. The van der Waals surface area contributed by atoms with E-state index in [4.69, 9.17) is 4.42 Å². The Morgan fingerprint density at radius 3 is 2.61 bits per heavy atom. The summed E-state index contributed by atoms with van der Waals surface area (Å²) >= 11 is 0. The van der Waals surface area contributed by atoms with E-state index in [9.17, 15) is 8.78 Å². The van der Waals surface area contributed by atoms with E-state index in [1.54, 1.807) is 18.2 Å². The summed E-state index contributed by atoms with van der Waals surface area (Å²) in [5, 5.41) is 4.26. The van der Waals surface area contributed by atoms with Crippen molar-refractivity contribution in [1.82, 2.24) is 9.97 Å². The zero-order valence-corrected chi connectivity index (χ0v) is 17.4. The summed E-state index contributed by atoms with van der Waals surface area (Å²) < 4.78 is 32.8. The van der Waals surface area contributed by atoms with Crippen LogP contribution in [0, 0.1) is 17.6 Å². The summed E-state index contributed by atoms with van der Waals surface area (Å²) in [6.45, 7) is 2.13. The molecule has 0 spiro atoms. The molecular formula is C25H25F2N3O. The molecular weight excluding hydrogens is 396 g/mol. The maximum atomic E-state index is 13.8. The summed E-state index contributed by atoms with van der Waals surface area (Å²) in [5.74, 6) is 0.531. The van der Waals surface area contributed by atoms with Crippen LogP contribution in [-0.4, -0.2) is 16.0 Å². The van der Waals surface area contributed by atoms with Gasteiger partial charge in [0.2, 0.25) is 0 Å². The predicted molar refractivity (Wildman–Crippen MR) is 118 cm³/mol. The average molecular weight is 421 g/mol. The second-order valence-electron chi connectivity index (χ2n) is 8.69. The number of halogens is 2. The molecule has 0 amide bonds. The van der Waals surface area contributed by atoms with E-state index in [1.807, 2.05) is 12.3 Å². The Morgan fingerprint density at radius 2 is 1.77 bits per heavy atom. The fraction of sp³-hybridized carbons (Fsp3) is 0.360. The second kappa shape index (κ2) is 8.25. The highest BCUT2D eigenvalue weighted by atomic mass is 19.1. The standard InChI is InChI=1S/C25H25F2N3O/c1-15(29-25-30-23-14-19(27)7-9-24(23)31-25)12-16-2-4-17(5-3-16)20-10-11-28-22-8-6-18(26)13-21(20)22/h6-11,13-17H,2-5,12H2,1H3,(H,29,30)/t15?,16-,17+. The SMILES string of the molecule is CC(C[C@H]1CC[C@@H](c2ccnc3ccc(F)cc32)CC1)Nc1nc2cc(F)ccc2o1. The van der Waals surface area contributed by atoms with E-state index < -0.39 is 0 Å². The third-order valence-corrected chi connectivity index (χ3v) is 6.43. The molecule has 1 N–H and O–H groups in total. The first-order chi connectivity index (χ1) is 15.0. The Labute approximate surface area is 179 Å². The van der Waals surface area contributed by atoms with Crippen LogP contribution in [0.3, 0.4) is 0 Å². The van der Waals surface area contributed by atoms with Crippen molar-refractivity contribution in [3.8, 4) is 0 Å². The largest absolute Gasteiger partial charge is 0.424 e. The minimum atomic E-state index is -0.318. The van der Waals surface area contributed by atoms with Crippen molar-refractivity contribution in [1.29, 1.82) is 0 Å². The van der Waals surface area contributed by atoms with Crippen LogP contribution < -0.4 is 5.32 Å². The summed E-state index contributed by atoms with van der Waals surface area (Å²) in [5.41, 5.74) is 3.18. The topological polar surface area (TPSA) is 51.0 Å². The highest BCUT2D eigenvalue weighted by Crippen LogP contribution is 2.40. The molecule has 0 bridgehead atoms. The molecule has 4 nitrogen and oxygen atoms in total. The van der Waals surface area contributed by atoms with Gasteiger partial charge in [-0.15, -0.1) is 0 Å². The Kier molecular flexibility index (Phi) is 5.30. The van der Waals surface area contributed by atoms with Gasteiger partial charge in [-0.05, 0) is 92.8 Å². The molecule has 1 atom stereocenters. The second-order valence-corrected chi connectivity index (χ2v) is 8.69. The number of hydrogen-bond donors (Lipinski definition) is 1. The van der Waals surface area contributed by atoms with Crippen LogP contribution in [0.25, 0.3) is 22.0 Å². The first-order valence-electron chi connectivity index (χ1n) is 10.9. The first kappa shape index (κ1) is 19.9. The van der Waals surface area contributed by atoms with Crippen LogP contribution in [0.4, 0.5) is 14.8 Å². The van der Waals surface area contributed by atoms with Gasteiger partial charge < -0.3 is 9.73 Å². The number of nitrogens with zero attached hydrogens (tertiary/aromatic N) is 2. The molecule has 2 heterocycles. The lowest BCUT2D eigenvalue weighted by Crippen LogP contribution is -2.23. The van der Waals surface area contributed by atoms with E-state index in [2.05, 4.69) is 22.2 Å². The molecule has 1 unspecified atom stereocenters. The zero-order valence-electron chi connectivity index (χ0n) is 17.4. The first-order valence-corrected chi connectivity index (χ1v) is 10.9. The van der Waals surface area contributed by atoms with Gasteiger partial charge in [0.25, 0.3) is 6.01 Å². The minimum Gasteiger partial charge on any atom is -0.424 e. The van der Waals surface area contributed by atoms with Crippen LogP contribution in [0.5, 0.6) is 0 Å². The van der Waals surface area contributed by atoms with Crippen molar-refractivity contribution >= 4 is 28.0 Å². The molecule has 1 fully saturated rings. The maximum absolute atomic E-state index is 13.8. The van der Waals surface area contributed by atoms with Crippen molar-refractivity contribution in [2.24, 2.45) is 5.92 Å². The third-order valence-electron chi connectivity index (χ3n) is 6.43. The number of hydrogen-bond acceptors (Lipinski definition) is 4. The number of anilines is 1. The Morgan fingerprint density at radius 1 is 1.00 bits per heavy atom. The summed E-state index contributed by atoms with van der Waals surface area (Å²) in [7, 11) is 0. The fourth-order valence-corrected chi connectivity index (χ4v) is 4.94. The fourth-order valence-electron chi connectivity index (χ4n) is 4.94. The van der Waals surface area contributed by atoms with Gasteiger partial charge in [-0.25, -0.2) is 8.78 Å². The van der Waals surface area contributed by atoms with Gasteiger partial charge in [-0.2, -0.15) is 4.98 Å². The highest BCUT2D eigenvalue weighted by molar-refractivity contribution is 5.82. The maximum Gasteiger partial charge on any atom is 0.295 e. The Balaban J connectivity index is 1.20. The van der Waals surface area contributed by atoms with Gasteiger partial charge >= 0.3 is 0 Å². The average Bonchev–Trinajstić information content (AvgIpc) is 3.15. The third kappa shape index (κ3) is 4.24. The van der Waals surface area contributed by atoms with Crippen LogP contribution in [0.1, 0.15) is 50.5 Å². The van der Waals surface area contributed by atoms with Crippen molar-refractivity contribution < 1.29 is 13.2 Å². The van der Waals surface area contributed by atoms with Crippen molar-refractivity contribution in [3.63, 3.8) is 0 Å². The molecule has 1 aliphatic rings. The molecule has 0 radical (unpaired) electrons. The van der Waals surface area contributed by atoms with Gasteiger partial charge in [0.05, 0.1) is 5.52 Å². The molecule has 5 rings (SSSR count). The van der Waals surface area contributed by atoms with E-state index in [0.717, 1.165) is 43.0 Å². The van der Waals surface area contributed by atoms with E-state index in [1.165, 1.54) is 23.8 Å². The lowest BCUT2D eigenvalue weighted by molar-refractivity contribution is 0.301. The molecule has 1 saturated carbocycles. The summed E-state index contributed by atoms with van der Waals surface area (Å²) in [4.78, 5) is 8.72. The van der Waals surface area contributed by atoms with Gasteiger partial charge in [0.1, 0.15) is 17.2 Å². The van der Waals surface area contributed by atoms with Crippen molar-refractivity contribution in [3.05, 3.63) is 65.9 Å². The van der Waals surface area contributed by atoms with Gasteiger partial charge in [-0.1, -0.05) is 0 Å². The van der Waals surface area contributed by atoms with Crippen LogP contribution >= 0.6 is 0 Å². The highest BCUT2D eigenvalue weighted by Gasteiger charge is 2.25. The summed E-state index contributed by atoms with van der Waals surface area (Å²) in [6, 6.07) is 11.9. The molecule has 160 valence electrons. The van der Waals surface area contributed by atoms with Crippen molar-refractivity contribution in [2.45, 2.75) is 51.0 Å². The van der Waals surface area contributed by atoms with Gasteiger partial charge in [-0.3, -0.25) is 4.98 Å². The van der Waals surface area contributed by atoms with E-state index >= 15 is 0 Å². The molecule has 6 heteroatoms. The Bertz CT molecular complexity index is 1210. The normalized spacial score (nSPS) is 20.2. The smallest absolute Gasteiger partial charge is 0.295 e. The van der Waals surface area contributed by atoms with Gasteiger partial charge in [0.15, 0.2) is 5.58 Å². The molecule has 0 aliphatic heterocycles. The molecule has 4 aromatic rings. The van der Waals surface area contributed by atoms with E-state index in [0.29, 0.717) is 29.0 Å². The molecule has 1 aliphatic carbocycles. The number of aromatic nitrogens is 2. The van der Waals surface area contributed by atoms with Crippen LogP contribution in [0.15, 0.2) is 53.1 Å². The number of pyridine rings is 1. The lowest BCUT2D eigenvalue weighted by atomic mass is 9.76.